The van der Waals surface area contributed by atoms with Crippen molar-refractivity contribution >= 4 is 10.8 Å². The number of para-hydroxylation sites is 1. The number of rotatable bonds is 2. The van der Waals surface area contributed by atoms with E-state index in [1.807, 2.05) is 0 Å². The van der Waals surface area contributed by atoms with Gasteiger partial charge < -0.3 is 4.74 Å². The smallest absolute Gasteiger partial charge is 0.132 e. The number of fused-ring (bicyclic) bond motifs is 20. The Bertz CT molecular complexity index is 3420. The average molecular weight is 773 g/mol. The molecule has 61 heavy (non-hydrogen) atoms. The highest BCUT2D eigenvalue weighted by Gasteiger charge is 2.53. The molecular formula is C60H36O. The summed E-state index contributed by atoms with van der Waals surface area (Å²) >= 11 is 0. The standard InChI is InChI=1S/C60H36O/c1-2-17-40-39(16-1)38(37-32-33-47-46-22-5-10-26-51(46)59(55(47)36-37)49-24-8-3-18-42(49)43-19-4-9-25-50(43)59)34-35-41(40)48-23-15-31-57-58(48)60(54-29-13-14-30-56(54)61-57)52-27-11-6-20-44(52)45-21-7-12-28-53(45)60/h1-36H. The van der Waals surface area contributed by atoms with Crippen LogP contribution in [0.25, 0.3) is 66.4 Å². The summed E-state index contributed by atoms with van der Waals surface area (Å²) in [6.07, 6.45) is 0. The zero-order valence-electron chi connectivity index (χ0n) is 33.2. The van der Waals surface area contributed by atoms with E-state index in [9.17, 15) is 0 Å². The first-order valence-electron chi connectivity index (χ1n) is 21.3. The quantitative estimate of drug-likeness (QED) is 0.170. The van der Waals surface area contributed by atoms with E-state index in [0.29, 0.717) is 0 Å². The predicted octanol–water partition coefficient (Wildman–Crippen LogP) is 15.0. The van der Waals surface area contributed by atoms with Crippen LogP contribution in [0.2, 0.25) is 0 Å². The molecule has 0 atom stereocenters. The molecule has 4 aliphatic rings. The Labute approximate surface area is 354 Å². The van der Waals surface area contributed by atoms with Crippen molar-refractivity contribution in [2.24, 2.45) is 0 Å². The highest BCUT2D eigenvalue weighted by Crippen LogP contribution is 2.65. The zero-order valence-corrected chi connectivity index (χ0v) is 33.2. The largest absolute Gasteiger partial charge is 0.457 e. The molecule has 0 radical (unpaired) electrons. The fourth-order valence-electron chi connectivity index (χ4n) is 12.2. The monoisotopic (exact) mass is 772 g/mol. The molecule has 10 aromatic carbocycles. The summed E-state index contributed by atoms with van der Waals surface area (Å²) in [6, 6.07) is 81.4. The lowest BCUT2D eigenvalue weighted by atomic mass is 9.64. The lowest BCUT2D eigenvalue weighted by Gasteiger charge is -2.40. The summed E-state index contributed by atoms with van der Waals surface area (Å²) < 4.78 is 6.93. The Kier molecular flexibility index (Phi) is 6.48. The van der Waals surface area contributed by atoms with Crippen LogP contribution in [0.4, 0.5) is 0 Å². The van der Waals surface area contributed by atoms with Gasteiger partial charge in [0.05, 0.1) is 10.8 Å². The molecule has 0 unspecified atom stereocenters. The van der Waals surface area contributed by atoms with Gasteiger partial charge in [-0.3, -0.25) is 0 Å². The van der Waals surface area contributed by atoms with Crippen molar-refractivity contribution in [3.63, 3.8) is 0 Å². The van der Waals surface area contributed by atoms with Crippen LogP contribution < -0.4 is 4.74 Å². The molecule has 1 nitrogen and oxygen atoms in total. The zero-order chi connectivity index (χ0) is 39.9. The lowest BCUT2D eigenvalue weighted by molar-refractivity contribution is 0.437. The molecule has 0 bridgehead atoms. The van der Waals surface area contributed by atoms with Gasteiger partial charge in [0.1, 0.15) is 11.5 Å². The lowest BCUT2D eigenvalue weighted by Crippen LogP contribution is -2.32. The molecule has 3 aliphatic carbocycles. The van der Waals surface area contributed by atoms with E-state index in [1.54, 1.807) is 0 Å². The van der Waals surface area contributed by atoms with Crippen LogP contribution in [0.15, 0.2) is 218 Å². The van der Waals surface area contributed by atoms with Crippen LogP contribution in [0, 0.1) is 0 Å². The van der Waals surface area contributed by atoms with Crippen LogP contribution in [0.3, 0.4) is 0 Å². The predicted molar refractivity (Wildman–Crippen MR) is 248 cm³/mol. The molecule has 0 aromatic heterocycles. The van der Waals surface area contributed by atoms with Crippen molar-refractivity contribution in [1.82, 2.24) is 0 Å². The molecule has 2 spiro atoms. The van der Waals surface area contributed by atoms with Crippen LogP contribution in [-0.2, 0) is 10.8 Å². The Morgan fingerprint density at radius 3 is 1.21 bits per heavy atom. The fraction of sp³-hybridized carbons (Fsp3) is 0.0333. The first-order chi connectivity index (χ1) is 30.3. The molecule has 14 rings (SSSR count). The van der Waals surface area contributed by atoms with Crippen molar-refractivity contribution in [1.29, 1.82) is 0 Å². The van der Waals surface area contributed by atoms with Gasteiger partial charge >= 0.3 is 0 Å². The summed E-state index contributed by atoms with van der Waals surface area (Å²) in [5.74, 6) is 1.80. The average Bonchev–Trinajstić information content (AvgIpc) is 3.91. The minimum absolute atomic E-state index is 0.396. The van der Waals surface area contributed by atoms with Crippen LogP contribution >= 0.6 is 0 Å². The second-order valence-corrected chi connectivity index (χ2v) is 17.0. The van der Waals surface area contributed by atoms with Crippen molar-refractivity contribution in [3.8, 4) is 67.1 Å². The first kappa shape index (κ1) is 33.1. The number of hydrogen-bond donors (Lipinski definition) is 0. The molecule has 10 aromatic rings. The molecule has 0 saturated heterocycles. The molecule has 0 saturated carbocycles. The third kappa shape index (κ3) is 4.02. The van der Waals surface area contributed by atoms with E-state index in [-0.39, 0.29) is 0 Å². The van der Waals surface area contributed by atoms with E-state index in [4.69, 9.17) is 4.74 Å². The Morgan fingerprint density at radius 1 is 0.246 bits per heavy atom. The second kappa shape index (κ2) is 11.9. The second-order valence-electron chi connectivity index (χ2n) is 17.0. The maximum atomic E-state index is 6.93. The number of benzene rings is 10. The Hall–Kier alpha value is -7.74. The molecule has 282 valence electrons. The van der Waals surface area contributed by atoms with Gasteiger partial charge in [0.2, 0.25) is 0 Å². The van der Waals surface area contributed by atoms with Gasteiger partial charge in [0.15, 0.2) is 0 Å². The van der Waals surface area contributed by atoms with Gasteiger partial charge in [-0.15, -0.1) is 0 Å². The Balaban J connectivity index is 1.01. The third-order valence-corrected chi connectivity index (χ3v) is 14.4. The summed E-state index contributed by atoms with van der Waals surface area (Å²) in [7, 11) is 0. The molecule has 1 heterocycles. The molecular weight excluding hydrogens is 737 g/mol. The summed E-state index contributed by atoms with van der Waals surface area (Å²) in [5.41, 5.74) is 22.1. The van der Waals surface area contributed by atoms with E-state index in [1.165, 1.54) is 111 Å². The van der Waals surface area contributed by atoms with E-state index >= 15 is 0 Å². The third-order valence-electron chi connectivity index (χ3n) is 14.4. The summed E-state index contributed by atoms with van der Waals surface area (Å²) in [6.45, 7) is 0. The van der Waals surface area contributed by atoms with E-state index in [2.05, 4.69) is 218 Å². The van der Waals surface area contributed by atoms with Crippen molar-refractivity contribution in [3.05, 3.63) is 263 Å². The van der Waals surface area contributed by atoms with Crippen LogP contribution in [0.1, 0.15) is 44.5 Å². The highest BCUT2D eigenvalue weighted by atomic mass is 16.5. The van der Waals surface area contributed by atoms with Gasteiger partial charge in [-0.1, -0.05) is 200 Å². The SMILES string of the molecule is c1ccc2c(c1)Oc1cccc(-c3ccc(-c4ccc5c(c4)C4(c6ccccc6-c6ccccc64)c4ccccc4-5)c4ccccc34)c1C21c2ccccc2-c2ccccc21. The Morgan fingerprint density at radius 2 is 0.639 bits per heavy atom. The van der Waals surface area contributed by atoms with Gasteiger partial charge in [-0.25, -0.2) is 0 Å². The van der Waals surface area contributed by atoms with Crippen molar-refractivity contribution in [2.75, 3.05) is 0 Å². The van der Waals surface area contributed by atoms with Gasteiger partial charge in [0.25, 0.3) is 0 Å². The summed E-state index contributed by atoms with van der Waals surface area (Å²) in [4.78, 5) is 0. The molecule has 0 fully saturated rings. The van der Waals surface area contributed by atoms with Crippen molar-refractivity contribution < 1.29 is 4.74 Å². The van der Waals surface area contributed by atoms with E-state index in [0.717, 1.165) is 11.5 Å². The van der Waals surface area contributed by atoms with Crippen LogP contribution in [-0.4, -0.2) is 0 Å². The van der Waals surface area contributed by atoms with E-state index < -0.39 is 10.8 Å². The molecule has 0 amide bonds. The number of hydrogen-bond acceptors (Lipinski definition) is 1. The van der Waals surface area contributed by atoms with Crippen LogP contribution in [0.5, 0.6) is 11.5 Å². The fourth-order valence-corrected chi connectivity index (χ4v) is 12.2. The molecule has 1 heteroatoms. The van der Waals surface area contributed by atoms with Gasteiger partial charge in [0, 0.05) is 11.1 Å². The minimum atomic E-state index is -0.565. The van der Waals surface area contributed by atoms with Crippen molar-refractivity contribution in [2.45, 2.75) is 10.8 Å². The molecule has 1 aliphatic heterocycles. The first-order valence-corrected chi connectivity index (χ1v) is 21.3. The molecule has 0 N–H and O–H groups in total. The van der Waals surface area contributed by atoms with Gasteiger partial charge in [-0.2, -0.15) is 0 Å². The topological polar surface area (TPSA) is 9.23 Å². The highest BCUT2D eigenvalue weighted by molar-refractivity contribution is 6.07. The van der Waals surface area contributed by atoms with Gasteiger partial charge in [-0.05, 0) is 118 Å². The normalized spacial score (nSPS) is 14.6. The number of ether oxygens (including phenoxy) is 1. The maximum Gasteiger partial charge on any atom is 0.132 e. The maximum absolute atomic E-state index is 6.93. The summed E-state index contributed by atoms with van der Waals surface area (Å²) in [5, 5.41) is 2.45. The minimum Gasteiger partial charge on any atom is -0.457 e.